The number of rotatable bonds is 4. The van der Waals surface area contributed by atoms with Crippen LogP contribution < -0.4 is 0 Å². The zero-order valence-electron chi connectivity index (χ0n) is 10.5. The predicted octanol–water partition coefficient (Wildman–Crippen LogP) is 3.18. The molecule has 3 heteroatoms. The third-order valence-corrected chi connectivity index (χ3v) is 3.14. The summed E-state index contributed by atoms with van der Waals surface area (Å²) in [5.41, 5.74) is -0.620. The van der Waals surface area contributed by atoms with E-state index in [-0.39, 0.29) is 0 Å². The maximum Gasteiger partial charge on any atom is 0.340 e. The van der Waals surface area contributed by atoms with Gasteiger partial charge in [0.05, 0.1) is 0 Å². The predicted molar refractivity (Wildman–Crippen MR) is 70.6 cm³/mol. The maximum absolute atomic E-state index is 11.5. The molecule has 0 aliphatic heterocycles. The Kier molecular flexibility index (Phi) is 3.34. The standard InChI is InChI=1S/C15H16O3/c1-3-18-15(2,14(16)17)13-10-6-8-11-7-4-5-9-12(11)13/h4-10H,3H2,1-2H3,(H,16,17)/t15-/m0/s1. The van der Waals surface area contributed by atoms with Crippen LogP contribution in [0.15, 0.2) is 42.5 Å². The minimum atomic E-state index is -1.31. The highest BCUT2D eigenvalue weighted by molar-refractivity contribution is 5.92. The minimum absolute atomic E-state index is 0.353. The van der Waals surface area contributed by atoms with Crippen molar-refractivity contribution in [1.29, 1.82) is 0 Å². The summed E-state index contributed by atoms with van der Waals surface area (Å²) >= 11 is 0. The molecule has 0 aliphatic carbocycles. The number of aliphatic carboxylic acids is 1. The van der Waals surface area contributed by atoms with Gasteiger partial charge in [-0.1, -0.05) is 42.5 Å². The smallest absolute Gasteiger partial charge is 0.340 e. The quantitative estimate of drug-likeness (QED) is 0.898. The monoisotopic (exact) mass is 244 g/mol. The fraction of sp³-hybridized carbons (Fsp3) is 0.267. The van der Waals surface area contributed by atoms with Crippen LogP contribution in [0.4, 0.5) is 0 Å². The van der Waals surface area contributed by atoms with Crippen molar-refractivity contribution in [1.82, 2.24) is 0 Å². The third-order valence-electron chi connectivity index (χ3n) is 3.14. The van der Waals surface area contributed by atoms with Crippen LogP contribution in [0.3, 0.4) is 0 Å². The largest absolute Gasteiger partial charge is 0.479 e. The Labute approximate surface area is 106 Å². The molecular weight excluding hydrogens is 228 g/mol. The molecule has 0 spiro atoms. The van der Waals surface area contributed by atoms with E-state index in [1.165, 1.54) is 0 Å². The van der Waals surface area contributed by atoms with Crippen molar-refractivity contribution in [3.05, 3.63) is 48.0 Å². The van der Waals surface area contributed by atoms with Gasteiger partial charge in [-0.3, -0.25) is 0 Å². The first-order valence-electron chi connectivity index (χ1n) is 5.95. The fourth-order valence-electron chi connectivity index (χ4n) is 2.18. The highest BCUT2D eigenvalue weighted by atomic mass is 16.5. The van der Waals surface area contributed by atoms with E-state index in [1.807, 2.05) is 42.5 Å². The van der Waals surface area contributed by atoms with Crippen molar-refractivity contribution in [3.8, 4) is 0 Å². The zero-order chi connectivity index (χ0) is 13.2. The molecule has 18 heavy (non-hydrogen) atoms. The van der Waals surface area contributed by atoms with Gasteiger partial charge in [-0.25, -0.2) is 4.79 Å². The number of hydrogen-bond acceptors (Lipinski definition) is 2. The Bertz CT molecular complexity index is 571. The summed E-state index contributed by atoms with van der Waals surface area (Å²) in [5.74, 6) is -0.972. The van der Waals surface area contributed by atoms with Crippen molar-refractivity contribution >= 4 is 16.7 Å². The molecule has 0 fully saturated rings. The Morgan fingerprint density at radius 2 is 1.89 bits per heavy atom. The molecule has 0 unspecified atom stereocenters. The molecule has 3 nitrogen and oxygen atoms in total. The van der Waals surface area contributed by atoms with Crippen LogP contribution in [0.1, 0.15) is 19.4 Å². The Balaban J connectivity index is 2.68. The number of fused-ring (bicyclic) bond motifs is 1. The van der Waals surface area contributed by atoms with E-state index in [4.69, 9.17) is 4.74 Å². The Morgan fingerprint density at radius 3 is 2.56 bits per heavy atom. The zero-order valence-corrected chi connectivity index (χ0v) is 10.5. The van der Waals surface area contributed by atoms with Crippen molar-refractivity contribution in [3.63, 3.8) is 0 Å². The summed E-state index contributed by atoms with van der Waals surface area (Å²) in [4.78, 5) is 11.5. The van der Waals surface area contributed by atoms with Gasteiger partial charge in [0.15, 0.2) is 5.60 Å². The second kappa shape index (κ2) is 4.78. The molecule has 94 valence electrons. The summed E-state index contributed by atoms with van der Waals surface area (Å²) in [6, 6.07) is 13.4. The van der Waals surface area contributed by atoms with Crippen LogP contribution in [0.25, 0.3) is 10.8 Å². The molecule has 0 saturated carbocycles. The van der Waals surface area contributed by atoms with E-state index in [1.54, 1.807) is 13.8 Å². The molecule has 0 aliphatic rings. The van der Waals surface area contributed by atoms with Gasteiger partial charge < -0.3 is 9.84 Å². The summed E-state index contributed by atoms with van der Waals surface area (Å²) < 4.78 is 5.49. The molecule has 1 atom stereocenters. The van der Waals surface area contributed by atoms with Gasteiger partial charge in [0.2, 0.25) is 0 Å². The van der Waals surface area contributed by atoms with Crippen molar-refractivity contribution in [2.24, 2.45) is 0 Å². The van der Waals surface area contributed by atoms with Crippen LogP contribution in [0.5, 0.6) is 0 Å². The lowest BCUT2D eigenvalue weighted by molar-refractivity contribution is -0.164. The summed E-state index contributed by atoms with van der Waals surface area (Å²) in [5, 5.41) is 11.4. The number of carboxylic acids is 1. The highest BCUT2D eigenvalue weighted by Crippen LogP contribution is 2.32. The lowest BCUT2D eigenvalue weighted by atomic mass is 9.90. The van der Waals surface area contributed by atoms with Crippen LogP contribution in [0.2, 0.25) is 0 Å². The van der Waals surface area contributed by atoms with E-state index in [0.717, 1.165) is 10.8 Å². The van der Waals surface area contributed by atoms with Gasteiger partial charge in [0, 0.05) is 12.2 Å². The normalized spacial score (nSPS) is 14.3. The van der Waals surface area contributed by atoms with E-state index < -0.39 is 11.6 Å². The molecule has 0 heterocycles. The van der Waals surface area contributed by atoms with E-state index in [0.29, 0.717) is 12.2 Å². The fourth-order valence-corrected chi connectivity index (χ4v) is 2.18. The molecule has 0 bridgehead atoms. The van der Waals surface area contributed by atoms with Gasteiger partial charge in [-0.05, 0) is 24.6 Å². The Hall–Kier alpha value is -1.87. The molecule has 0 radical (unpaired) electrons. The molecule has 2 aromatic carbocycles. The average Bonchev–Trinajstić information content (AvgIpc) is 2.38. The van der Waals surface area contributed by atoms with Crippen molar-refractivity contribution in [2.45, 2.75) is 19.4 Å². The van der Waals surface area contributed by atoms with Gasteiger partial charge in [-0.15, -0.1) is 0 Å². The van der Waals surface area contributed by atoms with Crippen LogP contribution in [0, 0.1) is 0 Å². The first-order valence-corrected chi connectivity index (χ1v) is 5.95. The highest BCUT2D eigenvalue weighted by Gasteiger charge is 2.37. The van der Waals surface area contributed by atoms with Crippen molar-refractivity contribution < 1.29 is 14.6 Å². The van der Waals surface area contributed by atoms with E-state index >= 15 is 0 Å². The molecule has 1 N–H and O–H groups in total. The lowest BCUT2D eigenvalue weighted by Gasteiger charge is -2.26. The van der Waals surface area contributed by atoms with Crippen LogP contribution >= 0.6 is 0 Å². The topological polar surface area (TPSA) is 46.5 Å². The molecule has 2 rings (SSSR count). The van der Waals surface area contributed by atoms with Crippen molar-refractivity contribution in [2.75, 3.05) is 6.61 Å². The summed E-state index contributed by atoms with van der Waals surface area (Å²) in [6.07, 6.45) is 0. The summed E-state index contributed by atoms with van der Waals surface area (Å²) in [7, 11) is 0. The molecule has 2 aromatic rings. The molecule has 0 amide bonds. The maximum atomic E-state index is 11.5. The SMILES string of the molecule is CCO[C@](C)(C(=O)O)c1cccc2ccccc12. The summed E-state index contributed by atoms with van der Waals surface area (Å²) in [6.45, 7) is 3.75. The minimum Gasteiger partial charge on any atom is -0.479 e. The molecular formula is C15H16O3. The second-order valence-electron chi connectivity index (χ2n) is 4.30. The first kappa shape index (κ1) is 12.6. The number of hydrogen-bond donors (Lipinski definition) is 1. The number of carbonyl (C=O) groups is 1. The third kappa shape index (κ3) is 1.97. The number of carboxylic acid groups (broad SMARTS) is 1. The van der Waals surface area contributed by atoms with Gasteiger partial charge in [-0.2, -0.15) is 0 Å². The van der Waals surface area contributed by atoms with Gasteiger partial charge in [0.1, 0.15) is 0 Å². The lowest BCUT2D eigenvalue weighted by Crippen LogP contribution is -2.35. The first-order chi connectivity index (χ1) is 8.59. The van der Waals surface area contributed by atoms with Gasteiger partial charge in [0.25, 0.3) is 0 Å². The molecule has 0 aromatic heterocycles. The van der Waals surface area contributed by atoms with E-state index in [9.17, 15) is 9.90 Å². The van der Waals surface area contributed by atoms with Crippen LogP contribution in [-0.2, 0) is 15.1 Å². The molecule has 0 saturated heterocycles. The van der Waals surface area contributed by atoms with Gasteiger partial charge >= 0.3 is 5.97 Å². The second-order valence-corrected chi connectivity index (χ2v) is 4.30. The number of benzene rings is 2. The van der Waals surface area contributed by atoms with E-state index in [2.05, 4.69) is 0 Å². The Morgan fingerprint density at radius 1 is 1.22 bits per heavy atom. The number of ether oxygens (including phenoxy) is 1. The van der Waals surface area contributed by atoms with Crippen LogP contribution in [-0.4, -0.2) is 17.7 Å². The average molecular weight is 244 g/mol.